The number of aromatic nitrogens is 1. The van der Waals surface area contributed by atoms with E-state index in [0.29, 0.717) is 11.4 Å². The fourth-order valence-corrected chi connectivity index (χ4v) is 4.20. The highest BCUT2D eigenvalue weighted by Crippen LogP contribution is 2.21. The lowest BCUT2D eigenvalue weighted by Gasteiger charge is -2.11. The molecule has 1 aliphatic heterocycles. The maximum atomic E-state index is 12.4. The molecule has 1 atom stereocenters. The predicted molar refractivity (Wildman–Crippen MR) is 82.7 cm³/mol. The lowest BCUT2D eigenvalue weighted by atomic mass is 10.1. The van der Waals surface area contributed by atoms with Gasteiger partial charge in [-0.05, 0) is 23.3 Å². The second-order valence-electron chi connectivity index (χ2n) is 5.16. The largest absolute Gasteiger partial charge is 0.309 e. The molecule has 3 rings (SSSR count). The van der Waals surface area contributed by atoms with E-state index < -0.39 is 10.0 Å². The maximum absolute atomic E-state index is 12.4. The van der Waals surface area contributed by atoms with Crippen molar-refractivity contribution >= 4 is 21.4 Å². The molecular formula is C14H17N3O2S2. The summed E-state index contributed by atoms with van der Waals surface area (Å²) >= 11 is 1.54. The maximum Gasteiger partial charge on any atom is 0.240 e. The quantitative estimate of drug-likeness (QED) is 0.880. The number of benzene rings is 1. The van der Waals surface area contributed by atoms with E-state index in [-0.39, 0.29) is 5.92 Å². The van der Waals surface area contributed by atoms with Crippen LogP contribution in [0.4, 0.5) is 0 Å². The highest BCUT2D eigenvalue weighted by atomic mass is 32.2. The van der Waals surface area contributed by atoms with E-state index in [1.165, 1.54) is 16.9 Å². The number of nitrogens with one attached hydrogen (secondary N) is 2. The lowest BCUT2D eigenvalue weighted by Crippen LogP contribution is -2.27. The lowest BCUT2D eigenvalue weighted by molar-refractivity contribution is 0.574. The SMILES string of the molecule is CC(CNS(=O)(=O)c1ccc2c(c1)CNC2)c1nccs1. The number of thiazole rings is 1. The Hall–Kier alpha value is -1.28. The van der Waals surface area contributed by atoms with Gasteiger partial charge in [-0.15, -0.1) is 11.3 Å². The van der Waals surface area contributed by atoms with Crippen LogP contribution >= 0.6 is 11.3 Å². The Morgan fingerprint density at radius 1 is 1.38 bits per heavy atom. The number of hydrogen-bond acceptors (Lipinski definition) is 5. The van der Waals surface area contributed by atoms with Crippen LogP contribution in [0.2, 0.25) is 0 Å². The third-order valence-electron chi connectivity index (χ3n) is 3.57. The highest BCUT2D eigenvalue weighted by Gasteiger charge is 2.19. The molecule has 2 heterocycles. The standard InChI is InChI=1S/C14H17N3O2S2/c1-10(14-16-4-5-20-14)7-17-21(18,19)13-3-2-11-8-15-9-12(11)6-13/h2-6,10,15,17H,7-9H2,1H3. The fraction of sp³-hybridized carbons (Fsp3) is 0.357. The van der Waals surface area contributed by atoms with Crippen molar-refractivity contribution < 1.29 is 8.42 Å². The van der Waals surface area contributed by atoms with Gasteiger partial charge >= 0.3 is 0 Å². The van der Waals surface area contributed by atoms with Crippen molar-refractivity contribution in [1.82, 2.24) is 15.0 Å². The van der Waals surface area contributed by atoms with Gasteiger partial charge in [0.1, 0.15) is 0 Å². The first-order valence-corrected chi connectivity index (χ1v) is 9.14. The van der Waals surface area contributed by atoms with E-state index in [2.05, 4.69) is 15.0 Å². The molecule has 7 heteroatoms. The predicted octanol–water partition coefficient (Wildman–Crippen LogP) is 1.83. The second-order valence-corrected chi connectivity index (χ2v) is 7.85. The Bertz CT molecular complexity index is 727. The molecule has 1 aromatic heterocycles. The van der Waals surface area contributed by atoms with Gasteiger partial charge in [-0.3, -0.25) is 0 Å². The molecule has 0 spiro atoms. The zero-order valence-corrected chi connectivity index (χ0v) is 13.3. The average molecular weight is 323 g/mol. The molecule has 1 unspecified atom stereocenters. The smallest absolute Gasteiger partial charge is 0.240 e. The van der Waals surface area contributed by atoms with Crippen LogP contribution in [0.15, 0.2) is 34.7 Å². The fourth-order valence-electron chi connectivity index (χ4n) is 2.32. The molecule has 21 heavy (non-hydrogen) atoms. The van der Waals surface area contributed by atoms with Crippen LogP contribution in [0.1, 0.15) is 29.0 Å². The van der Waals surface area contributed by atoms with Crippen molar-refractivity contribution in [2.24, 2.45) is 0 Å². The molecule has 0 aliphatic carbocycles. The highest BCUT2D eigenvalue weighted by molar-refractivity contribution is 7.89. The van der Waals surface area contributed by atoms with Gasteiger partial charge in [0.2, 0.25) is 10.0 Å². The summed E-state index contributed by atoms with van der Waals surface area (Å²) in [4.78, 5) is 4.54. The van der Waals surface area contributed by atoms with Crippen LogP contribution in [0, 0.1) is 0 Å². The molecule has 0 bridgehead atoms. The summed E-state index contributed by atoms with van der Waals surface area (Å²) in [5.41, 5.74) is 2.23. The number of fused-ring (bicyclic) bond motifs is 1. The summed E-state index contributed by atoms with van der Waals surface area (Å²) in [7, 11) is -3.47. The number of nitrogens with zero attached hydrogens (tertiary/aromatic N) is 1. The van der Waals surface area contributed by atoms with Crippen LogP contribution in [-0.2, 0) is 23.1 Å². The van der Waals surface area contributed by atoms with Gasteiger partial charge in [0.05, 0.1) is 9.90 Å². The minimum Gasteiger partial charge on any atom is -0.309 e. The van der Waals surface area contributed by atoms with Gasteiger partial charge in [0.15, 0.2) is 0 Å². The number of hydrogen-bond donors (Lipinski definition) is 2. The van der Waals surface area contributed by atoms with Gasteiger partial charge < -0.3 is 5.32 Å². The van der Waals surface area contributed by atoms with E-state index in [1.807, 2.05) is 18.4 Å². The summed E-state index contributed by atoms with van der Waals surface area (Å²) in [5.74, 6) is 0.0656. The number of sulfonamides is 1. The normalized spacial score (nSPS) is 15.9. The van der Waals surface area contributed by atoms with E-state index >= 15 is 0 Å². The molecule has 5 nitrogen and oxygen atoms in total. The van der Waals surface area contributed by atoms with Gasteiger partial charge in [0, 0.05) is 37.1 Å². The van der Waals surface area contributed by atoms with E-state index in [0.717, 1.165) is 23.7 Å². The Kier molecular flexibility index (Phi) is 4.08. The Labute approximate surface area is 128 Å². The van der Waals surface area contributed by atoms with Crippen molar-refractivity contribution in [1.29, 1.82) is 0 Å². The molecule has 0 saturated carbocycles. The third-order valence-corrected chi connectivity index (χ3v) is 6.00. The van der Waals surface area contributed by atoms with Gasteiger partial charge in [-0.2, -0.15) is 0 Å². The van der Waals surface area contributed by atoms with E-state index in [1.54, 1.807) is 18.3 Å². The van der Waals surface area contributed by atoms with Gasteiger partial charge in [0.25, 0.3) is 0 Å². The first-order valence-electron chi connectivity index (χ1n) is 6.78. The van der Waals surface area contributed by atoms with E-state index in [9.17, 15) is 8.42 Å². The summed E-state index contributed by atoms with van der Waals surface area (Å²) in [6.07, 6.45) is 1.73. The molecule has 2 N–H and O–H groups in total. The second kappa shape index (κ2) is 5.84. The molecule has 112 valence electrons. The van der Waals surface area contributed by atoms with Crippen molar-refractivity contribution in [3.05, 3.63) is 45.9 Å². The van der Waals surface area contributed by atoms with Crippen LogP contribution in [0.3, 0.4) is 0 Å². The first kappa shape index (κ1) is 14.6. The zero-order chi connectivity index (χ0) is 14.9. The van der Waals surface area contributed by atoms with Crippen LogP contribution in [0.25, 0.3) is 0 Å². The van der Waals surface area contributed by atoms with Gasteiger partial charge in [-0.1, -0.05) is 13.0 Å². The molecule has 0 amide bonds. The van der Waals surface area contributed by atoms with Crippen LogP contribution in [-0.4, -0.2) is 19.9 Å². The van der Waals surface area contributed by atoms with Crippen LogP contribution in [0.5, 0.6) is 0 Å². The summed E-state index contributed by atoms with van der Waals surface area (Å²) in [6.45, 7) is 3.86. The topological polar surface area (TPSA) is 71.1 Å². The van der Waals surface area contributed by atoms with Crippen molar-refractivity contribution in [3.63, 3.8) is 0 Å². The molecule has 1 aromatic carbocycles. The minimum absolute atomic E-state index is 0.0656. The molecule has 0 radical (unpaired) electrons. The Morgan fingerprint density at radius 2 is 2.19 bits per heavy atom. The van der Waals surface area contributed by atoms with Crippen LogP contribution < -0.4 is 10.0 Å². The molecular weight excluding hydrogens is 306 g/mol. The van der Waals surface area contributed by atoms with E-state index in [4.69, 9.17) is 0 Å². The molecule has 0 fully saturated rings. The van der Waals surface area contributed by atoms with Crippen molar-refractivity contribution in [3.8, 4) is 0 Å². The summed E-state index contributed by atoms with van der Waals surface area (Å²) in [5, 5.41) is 6.05. The minimum atomic E-state index is -3.47. The first-order chi connectivity index (χ1) is 10.1. The third kappa shape index (κ3) is 3.16. The summed E-state index contributed by atoms with van der Waals surface area (Å²) < 4.78 is 27.4. The zero-order valence-electron chi connectivity index (χ0n) is 11.7. The summed E-state index contributed by atoms with van der Waals surface area (Å²) in [6, 6.07) is 5.31. The van der Waals surface area contributed by atoms with Gasteiger partial charge in [-0.25, -0.2) is 18.1 Å². The Morgan fingerprint density at radius 3 is 2.95 bits per heavy atom. The molecule has 2 aromatic rings. The number of rotatable bonds is 5. The van der Waals surface area contributed by atoms with Crippen molar-refractivity contribution in [2.75, 3.05) is 6.54 Å². The molecule has 0 saturated heterocycles. The average Bonchev–Trinajstić information content (AvgIpc) is 3.14. The monoisotopic (exact) mass is 323 g/mol. The van der Waals surface area contributed by atoms with Crippen molar-refractivity contribution in [2.45, 2.75) is 30.8 Å². The Balaban J connectivity index is 1.72. The molecule has 1 aliphatic rings.